The lowest BCUT2D eigenvalue weighted by Crippen LogP contribution is -2.25. The Hall–Kier alpha value is -2.14. The van der Waals surface area contributed by atoms with Gasteiger partial charge >= 0.3 is 0 Å². The molecule has 0 aliphatic rings. The molecule has 0 bridgehead atoms. The Kier molecular flexibility index (Phi) is 4.98. The molecule has 22 heavy (non-hydrogen) atoms. The predicted octanol–water partition coefficient (Wildman–Crippen LogP) is 2.72. The lowest BCUT2D eigenvalue weighted by atomic mass is 10.2. The number of aryl methyl sites for hydroxylation is 1. The van der Waals surface area contributed by atoms with E-state index in [2.05, 4.69) is 0 Å². The number of carbonyl (C=O) groups is 1. The molecule has 0 unspecified atom stereocenters. The molecule has 5 heteroatoms. The average molecular weight is 317 g/mol. The van der Waals surface area contributed by atoms with E-state index < -0.39 is 9.84 Å². The molecule has 0 aliphatic carbocycles. The Labute approximate surface area is 131 Å². The highest BCUT2D eigenvalue weighted by atomic mass is 32.2. The first-order chi connectivity index (χ1) is 10.4. The van der Waals surface area contributed by atoms with Gasteiger partial charge in [0.25, 0.3) is 0 Å². The molecule has 0 spiro atoms. The Morgan fingerprint density at radius 2 is 1.59 bits per heavy atom. The Morgan fingerprint density at radius 1 is 1.00 bits per heavy atom. The lowest BCUT2D eigenvalue weighted by molar-refractivity contribution is 0.112. The van der Waals surface area contributed by atoms with Crippen molar-refractivity contribution in [2.75, 3.05) is 24.2 Å². The van der Waals surface area contributed by atoms with Crippen molar-refractivity contribution in [2.24, 2.45) is 0 Å². The second kappa shape index (κ2) is 6.75. The van der Waals surface area contributed by atoms with Crippen LogP contribution in [0.4, 0.5) is 5.69 Å². The molecule has 0 fully saturated rings. The van der Waals surface area contributed by atoms with Gasteiger partial charge in [0.1, 0.15) is 6.29 Å². The van der Waals surface area contributed by atoms with Gasteiger partial charge in [0.15, 0.2) is 9.84 Å². The minimum atomic E-state index is -3.29. The van der Waals surface area contributed by atoms with Crippen LogP contribution in [-0.2, 0) is 9.84 Å². The fraction of sp³-hybridized carbons (Fsp3) is 0.235. The zero-order valence-corrected chi connectivity index (χ0v) is 13.5. The van der Waals surface area contributed by atoms with Crippen molar-refractivity contribution < 1.29 is 13.2 Å². The van der Waals surface area contributed by atoms with E-state index in [-0.39, 0.29) is 5.75 Å². The number of anilines is 1. The van der Waals surface area contributed by atoms with Gasteiger partial charge in [-0.05, 0) is 43.3 Å². The second-order valence-corrected chi connectivity index (χ2v) is 7.37. The Morgan fingerprint density at radius 3 is 2.14 bits per heavy atom. The fourth-order valence-electron chi connectivity index (χ4n) is 2.06. The summed E-state index contributed by atoms with van der Waals surface area (Å²) in [5.74, 6) is 0.0436. The molecule has 2 aromatic rings. The third-order valence-electron chi connectivity index (χ3n) is 3.55. The highest BCUT2D eigenvalue weighted by Gasteiger charge is 2.15. The lowest BCUT2D eigenvalue weighted by Gasteiger charge is -2.19. The van der Waals surface area contributed by atoms with Gasteiger partial charge in [-0.1, -0.05) is 17.7 Å². The van der Waals surface area contributed by atoms with Crippen LogP contribution in [0.5, 0.6) is 0 Å². The molecule has 0 saturated heterocycles. The first kappa shape index (κ1) is 16.2. The predicted molar refractivity (Wildman–Crippen MR) is 88.3 cm³/mol. The van der Waals surface area contributed by atoms with Crippen molar-refractivity contribution in [1.82, 2.24) is 0 Å². The van der Waals surface area contributed by atoms with Gasteiger partial charge in [-0.25, -0.2) is 8.42 Å². The van der Waals surface area contributed by atoms with Crippen LogP contribution in [0.15, 0.2) is 53.4 Å². The SMILES string of the molecule is Cc1ccc(S(=O)(=O)CCN(C)c2ccc(C=O)cc2)cc1. The van der Waals surface area contributed by atoms with E-state index in [1.807, 2.05) is 31.0 Å². The van der Waals surface area contributed by atoms with Crippen molar-refractivity contribution in [1.29, 1.82) is 0 Å². The van der Waals surface area contributed by atoms with Crippen LogP contribution in [0.2, 0.25) is 0 Å². The maximum Gasteiger partial charge on any atom is 0.180 e. The van der Waals surface area contributed by atoms with Gasteiger partial charge in [-0.15, -0.1) is 0 Å². The van der Waals surface area contributed by atoms with Crippen molar-refractivity contribution >= 4 is 21.8 Å². The van der Waals surface area contributed by atoms with Gasteiger partial charge in [0.2, 0.25) is 0 Å². The maximum absolute atomic E-state index is 12.3. The minimum absolute atomic E-state index is 0.0436. The summed E-state index contributed by atoms with van der Waals surface area (Å²) < 4.78 is 24.6. The molecule has 116 valence electrons. The van der Waals surface area contributed by atoms with Crippen LogP contribution in [0.25, 0.3) is 0 Å². The number of aldehydes is 1. The molecule has 0 aromatic heterocycles. The smallest absolute Gasteiger partial charge is 0.180 e. The summed E-state index contributed by atoms with van der Waals surface area (Å²) >= 11 is 0. The van der Waals surface area contributed by atoms with Crippen LogP contribution in [0, 0.1) is 6.92 Å². The number of hydrogen-bond acceptors (Lipinski definition) is 4. The Bertz CT molecular complexity index is 734. The normalized spacial score (nSPS) is 11.2. The molecular formula is C17H19NO3S. The zero-order valence-electron chi connectivity index (χ0n) is 12.7. The molecule has 0 radical (unpaired) electrons. The monoisotopic (exact) mass is 317 g/mol. The number of nitrogens with zero attached hydrogens (tertiary/aromatic N) is 1. The number of benzene rings is 2. The van der Waals surface area contributed by atoms with Crippen molar-refractivity contribution in [3.8, 4) is 0 Å². The van der Waals surface area contributed by atoms with E-state index in [4.69, 9.17) is 0 Å². The maximum atomic E-state index is 12.3. The summed E-state index contributed by atoms with van der Waals surface area (Å²) in [7, 11) is -1.46. The first-order valence-corrected chi connectivity index (χ1v) is 8.63. The molecular weight excluding hydrogens is 298 g/mol. The molecule has 0 N–H and O–H groups in total. The first-order valence-electron chi connectivity index (χ1n) is 6.98. The van der Waals surface area contributed by atoms with Crippen LogP contribution < -0.4 is 4.90 Å². The van der Waals surface area contributed by atoms with Crippen molar-refractivity contribution in [3.05, 3.63) is 59.7 Å². The molecule has 0 amide bonds. The summed E-state index contributed by atoms with van der Waals surface area (Å²) in [5.41, 5.74) is 2.51. The topological polar surface area (TPSA) is 54.5 Å². The average Bonchev–Trinajstić information content (AvgIpc) is 2.53. The van der Waals surface area contributed by atoms with E-state index >= 15 is 0 Å². The summed E-state index contributed by atoms with van der Waals surface area (Å²) in [4.78, 5) is 12.8. The quantitative estimate of drug-likeness (QED) is 0.769. The summed E-state index contributed by atoms with van der Waals surface area (Å²) in [5, 5.41) is 0. The van der Waals surface area contributed by atoms with Crippen LogP contribution >= 0.6 is 0 Å². The van der Waals surface area contributed by atoms with Crippen LogP contribution in [0.1, 0.15) is 15.9 Å². The number of rotatable bonds is 6. The standard InChI is InChI=1S/C17H19NO3S/c1-14-3-9-17(10-4-14)22(20,21)12-11-18(2)16-7-5-15(13-19)6-8-16/h3-10,13H,11-12H2,1-2H3. The van der Waals surface area contributed by atoms with Gasteiger partial charge in [0.05, 0.1) is 10.6 Å². The van der Waals surface area contributed by atoms with E-state index in [1.54, 1.807) is 36.4 Å². The third kappa shape index (κ3) is 3.95. The highest BCUT2D eigenvalue weighted by Crippen LogP contribution is 2.16. The molecule has 0 saturated carbocycles. The van der Waals surface area contributed by atoms with Crippen molar-refractivity contribution in [3.63, 3.8) is 0 Å². The van der Waals surface area contributed by atoms with E-state index in [0.717, 1.165) is 17.5 Å². The molecule has 0 atom stereocenters. The number of sulfone groups is 1. The molecule has 4 nitrogen and oxygen atoms in total. The second-order valence-electron chi connectivity index (χ2n) is 5.26. The summed E-state index contributed by atoms with van der Waals surface area (Å²) in [6.45, 7) is 2.31. The van der Waals surface area contributed by atoms with Crippen molar-refractivity contribution in [2.45, 2.75) is 11.8 Å². The molecule has 2 aromatic carbocycles. The largest absolute Gasteiger partial charge is 0.374 e. The summed E-state index contributed by atoms with van der Waals surface area (Å²) in [6, 6.07) is 13.9. The van der Waals surface area contributed by atoms with Crippen LogP contribution in [0.3, 0.4) is 0 Å². The van der Waals surface area contributed by atoms with E-state index in [1.165, 1.54) is 0 Å². The van der Waals surface area contributed by atoms with E-state index in [9.17, 15) is 13.2 Å². The number of carbonyl (C=O) groups excluding carboxylic acids is 1. The highest BCUT2D eigenvalue weighted by molar-refractivity contribution is 7.91. The van der Waals surface area contributed by atoms with Gasteiger partial charge < -0.3 is 4.90 Å². The minimum Gasteiger partial charge on any atom is -0.374 e. The number of hydrogen-bond donors (Lipinski definition) is 0. The molecule has 2 rings (SSSR count). The van der Waals surface area contributed by atoms with Crippen LogP contribution in [-0.4, -0.2) is 34.0 Å². The third-order valence-corrected chi connectivity index (χ3v) is 5.26. The zero-order chi connectivity index (χ0) is 16.2. The fourth-order valence-corrected chi connectivity index (χ4v) is 3.36. The van der Waals surface area contributed by atoms with Gasteiger partial charge in [-0.3, -0.25) is 4.79 Å². The molecule has 0 aliphatic heterocycles. The Balaban J connectivity index is 2.04. The summed E-state index contributed by atoms with van der Waals surface area (Å²) in [6.07, 6.45) is 0.783. The van der Waals surface area contributed by atoms with Gasteiger partial charge in [-0.2, -0.15) is 0 Å². The van der Waals surface area contributed by atoms with E-state index in [0.29, 0.717) is 17.0 Å². The van der Waals surface area contributed by atoms with Gasteiger partial charge in [0, 0.05) is 24.8 Å². The molecule has 0 heterocycles.